The molecule has 0 radical (unpaired) electrons. The lowest BCUT2D eigenvalue weighted by molar-refractivity contribution is -0.128. The van der Waals surface area contributed by atoms with E-state index in [0.29, 0.717) is 34.3 Å². The molecule has 12 heteroatoms. The van der Waals surface area contributed by atoms with Crippen LogP contribution in [0.25, 0.3) is 10.9 Å². The van der Waals surface area contributed by atoms with Crippen LogP contribution in [0.4, 0.5) is 15.9 Å². The number of likely N-dealkylation sites (N-methyl/N-ethyl adjacent to an activating group) is 3. The summed E-state index contributed by atoms with van der Waals surface area (Å²) in [5.41, 5.74) is 0.896. The second kappa shape index (κ2) is 16.9. The van der Waals surface area contributed by atoms with Crippen molar-refractivity contribution in [2.24, 2.45) is 0 Å². The van der Waals surface area contributed by atoms with Crippen molar-refractivity contribution in [3.8, 4) is 11.5 Å². The molecular weight excluding hydrogens is 551 g/mol. The third kappa shape index (κ3) is 9.39. The number of nitrogens with zero attached hydrogens (tertiary/aromatic N) is 4. The van der Waals surface area contributed by atoms with Gasteiger partial charge in [-0.15, -0.1) is 0 Å². The number of likely N-dealkylation sites (tertiary alicyclic amines) is 1. The lowest BCUT2D eigenvalue weighted by Gasteiger charge is -2.17. The number of ether oxygens (including phenoxy) is 2. The van der Waals surface area contributed by atoms with Gasteiger partial charge in [0.15, 0.2) is 17.3 Å². The molecular formula is C29H42ClFN6O4. The summed E-state index contributed by atoms with van der Waals surface area (Å²) in [7, 11) is 6.56. The Morgan fingerprint density at radius 1 is 1.27 bits per heavy atom. The molecule has 226 valence electrons. The molecule has 3 N–H and O–H groups in total. The van der Waals surface area contributed by atoms with Crippen molar-refractivity contribution in [3.05, 3.63) is 47.5 Å². The molecule has 0 saturated carbocycles. The van der Waals surface area contributed by atoms with Gasteiger partial charge in [-0.2, -0.15) is 0 Å². The quantitative estimate of drug-likeness (QED) is 0.334. The summed E-state index contributed by atoms with van der Waals surface area (Å²) >= 11 is 5.89. The van der Waals surface area contributed by atoms with Crippen LogP contribution in [0.5, 0.6) is 11.5 Å². The van der Waals surface area contributed by atoms with Gasteiger partial charge in [0, 0.05) is 64.1 Å². The van der Waals surface area contributed by atoms with E-state index in [1.54, 1.807) is 37.1 Å². The van der Waals surface area contributed by atoms with Gasteiger partial charge in [0.1, 0.15) is 18.2 Å². The van der Waals surface area contributed by atoms with Crippen LogP contribution < -0.4 is 20.1 Å². The topological polar surface area (TPSA) is 112 Å². The summed E-state index contributed by atoms with van der Waals surface area (Å²) < 4.78 is 26.1. The predicted octanol–water partition coefficient (Wildman–Crippen LogP) is 4.33. The minimum absolute atomic E-state index is 0.0403. The van der Waals surface area contributed by atoms with Crippen LogP contribution in [-0.2, 0) is 4.79 Å². The van der Waals surface area contributed by atoms with Gasteiger partial charge >= 0.3 is 0 Å². The summed E-state index contributed by atoms with van der Waals surface area (Å²) in [4.78, 5) is 23.4. The predicted molar refractivity (Wildman–Crippen MR) is 162 cm³/mol. The van der Waals surface area contributed by atoms with Crippen molar-refractivity contribution in [2.45, 2.75) is 39.3 Å². The number of rotatable bonds is 9. The maximum absolute atomic E-state index is 14.3. The van der Waals surface area contributed by atoms with Crippen LogP contribution in [0, 0.1) is 5.82 Å². The monoisotopic (exact) mass is 592 g/mol. The van der Waals surface area contributed by atoms with Crippen molar-refractivity contribution in [2.75, 3.05) is 59.8 Å². The number of hydrogen-bond donors (Lipinski definition) is 3. The fraction of sp³-hybridized carbons (Fsp3) is 0.483. The standard InChI is InChI=1S/C21H22ClFN4O2.C7H16N2O.CH4O/c1-12-7-13(10-27(12)2)29-19-8-14-17(9-18(19)28-3)24-11-25-21(14)26-16-6-4-5-15(22)20(16)23;1-4-9(7(2)10)6-5-8-3;1-2/h4-6,8-9,11-13H,7,10H2,1-3H3,(H,24,25,26);8H,4-6H2,1-3H3;2H,1H3/t12-,13?;;/m1../s1. The molecule has 0 aliphatic carbocycles. The first-order valence-electron chi connectivity index (χ1n) is 13.4. The SMILES string of the molecule is CCN(CCNC)C(C)=O.CO.COc1cc2ncnc(Nc3cccc(Cl)c3F)c2cc1OC1C[C@@H](C)N(C)C1. The molecule has 1 amide bonds. The third-order valence-corrected chi connectivity index (χ3v) is 7.02. The molecule has 4 rings (SSSR count). The van der Waals surface area contributed by atoms with Crippen molar-refractivity contribution >= 4 is 39.9 Å². The smallest absolute Gasteiger partial charge is 0.219 e. The minimum Gasteiger partial charge on any atom is -0.493 e. The van der Waals surface area contributed by atoms with Gasteiger partial charge in [0.05, 0.1) is 23.3 Å². The average molecular weight is 593 g/mol. The maximum Gasteiger partial charge on any atom is 0.219 e. The Bertz CT molecular complexity index is 1260. The molecule has 1 unspecified atom stereocenters. The Morgan fingerprint density at radius 3 is 2.59 bits per heavy atom. The molecule has 2 heterocycles. The molecule has 1 fully saturated rings. The number of nitrogens with one attached hydrogen (secondary N) is 2. The van der Waals surface area contributed by atoms with E-state index in [1.165, 1.54) is 12.4 Å². The van der Waals surface area contributed by atoms with Gasteiger partial charge in [0.25, 0.3) is 0 Å². The molecule has 0 bridgehead atoms. The number of aliphatic hydroxyl groups excluding tert-OH is 1. The highest BCUT2D eigenvalue weighted by Crippen LogP contribution is 2.37. The van der Waals surface area contributed by atoms with Gasteiger partial charge in [-0.1, -0.05) is 17.7 Å². The number of fused-ring (bicyclic) bond motifs is 1. The Morgan fingerprint density at radius 2 is 2.00 bits per heavy atom. The Kier molecular flexibility index (Phi) is 14.0. The van der Waals surface area contributed by atoms with Crippen molar-refractivity contribution in [1.29, 1.82) is 0 Å². The summed E-state index contributed by atoms with van der Waals surface area (Å²) in [6.07, 6.45) is 2.41. The number of carbonyl (C=O) groups is 1. The Balaban J connectivity index is 0.000000418. The van der Waals surface area contributed by atoms with Crippen LogP contribution in [0.2, 0.25) is 5.02 Å². The number of carbonyl (C=O) groups excluding carboxylic acids is 1. The molecule has 0 spiro atoms. The van der Waals surface area contributed by atoms with Crippen molar-refractivity contribution < 1.29 is 23.8 Å². The van der Waals surface area contributed by atoms with Crippen LogP contribution in [0.15, 0.2) is 36.7 Å². The molecule has 41 heavy (non-hydrogen) atoms. The Hall–Kier alpha value is -3.25. The van der Waals surface area contributed by atoms with E-state index in [-0.39, 0.29) is 22.7 Å². The minimum atomic E-state index is -0.533. The number of aliphatic hydroxyl groups is 1. The largest absolute Gasteiger partial charge is 0.493 e. The number of aromatic nitrogens is 2. The zero-order chi connectivity index (χ0) is 30.5. The molecule has 2 atom stereocenters. The zero-order valence-corrected chi connectivity index (χ0v) is 25.6. The lowest BCUT2D eigenvalue weighted by atomic mass is 10.2. The van der Waals surface area contributed by atoms with E-state index in [9.17, 15) is 9.18 Å². The van der Waals surface area contributed by atoms with Crippen molar-refractivity contribution in [1.82, 2.24) is 25.1 Å². The van der Waals surface area contributed by atoms with E-state index >= 15 is 0 Å². The lowest BCUT2D eigenvalue weighted by Crippen LogP contribution is -2.34. The second-order valence-electron chi connectivity index (χ2n) is 9.44. The molecule has 3 aromatic rings. The number of hydrogen-bond acceptors (Lipinski definition) is 9. The molecule has 1 aliphatic rings. The molecule has 2 aromatic carbocycles. The first-order valence-corrected chi connectivity index (χ1v) is 13.8. The maximum atomic E-state index is 14.3. The number of benzene rings is 2. The molecule has 10 nitrogen and oxygen atoms in total. The summed E-state index contributed by atoms with van der Waals surface area (Å²) in [5, 5.41) is 13.7. The second-order valence-corrected chi connectivity index (χ2v) is 9.84. The van der Waals surface area contributed by atoms with E-state index in [2.05, 4.69) is 39.5 Å². The molecule has 1 aromatic heterocycles. The normalized spacial score (nSPS) is 16.2. The number of amides is 1. The highest BCUT2D eigenvalue weighted by atomic mass is 35.5. The van der Waals surface area contributed by atoms with Crippen LogP contribution in [0.3, 0.4) is 0 Å². The van der Waals surface area contributed by atoms with Crippen LogP contribution in [0.1, 0.15) is 27.2 Å². The van der Waals surface area contributed by atoms with E-state index in [0.717, 1.165) is 39.7 Å². The highest BCUT2D eigenvalue weighted by Gasteiger charge is 2.28. The van der Waals surface area contributed by atoms with Gasteiger partial charge in [0.2, 0.25) is 5.91 Å². The van der Waals surface area contributed by atoms with E-state index in [1.807, 2.05) is 20.0 Å². The van der Waals surface area contributed by atoms with Gasteiger partial charge in [-0.25, -0.2) is 14.4 Å². The summed E-state index contributed by atoms with van der Waals surface area (Å²) in [6.45, 7) is 9.08. The van der Waals surface area contributed by atoms with Gasteiger partial charge in [-0.3, -0.25) is 9.69 Å². The van der Waals surface area contributed by atoms with E-state index in [4.69, 9.17) is 26.2 Å². The Labute approximate surface area is 246 Å². The summed E-state index contributed by atoms with van der Waals surface area (Å²) in [6, 6.07) is 8.86. The van der Waals surface area contributed by atoms with E-state index < -0.39 is 5.82 Å². The molecule has 1 saturated heterocycles. The van der Waals surface area contributed by atoms with Crippen LogP contribution >= 0.6 is 11.6 Å². The fourth-order valence-corrected chi connectivity index (χ4v) is 4.50. The number of methoxy groups -OCH3 is 1. The van der Waals surface area contributed by atoms with Crippen molar-refractivity contribution in [3.63, 3.8) is 0 Å². The first-order chi connectivity index (χ1) is 19.7. The first kappa shape index (κ1) is 34.0. The van der Waals surface area contributed by atoms with Crippen LogP contribution in [-0.4, -0.2) is 97.4 Å². The summed E-state index contributed by atoms with van der Waals surface area (Å²) in [5.74, 6) is 1.28. The molecule has 1 aliphatic heterocycles. The highest BCUT2D eigenvalue weighted by molar-refractivity contribution is 6.31. The third-order valence-electron chi connectivity index (χ3n) is 6.73. The average Bonchev–Trinajstić information content (AvgIpc) is 3.28. The number of halogens is 2. The fourth-order valence-electron chi connectivity index (χ4n) is 4.33. The van der Waals surface area contributed by atoms with Gasteiger partial charge in [-0.05, 0) is 46.1 Å². The zero-order valence-electron chi connectivity index (χ0n) is 24.9. The number of anilines is 2. The van der Waals surface area contributed by atoms with Gasteiger partial charge < -0.3 is 30.1 Å².